The molecule has 1 aliphatic rings. The maximum Gasteiger partial charge on any atom is 0.0638 e. The molecule has 0 spiro atoms. The predicted octanol–water partition coefficient (Wildman–Crippen LogP) is 1.61. The fourth-order valence-corrected chi connectivity index (χ4v) is 2.28. The number of nitrogens with zero attached hydrogens (tertiary/aromatic N) is 2. The molecule has 1 rings (SSSR count). The van der Waals surface area contributed by atoms with Crippen LogP contribution in [0.5, 0.6) is 0 Å². The number of hydrogen-bond acceptors (Lipinski definition) is 3. The van der Waals surface area contributed by atoms with Crippen molar-refractivity contribution in [1.29, 1.82) is 5.26 Å². The highest BCUT2D eigenvalue weighted by Gasteiger charge is 2.19. The molecule has 0 amide bonds. The molecule has 0 aromatic carbocycles. The van der Waals surface area contributed by atoms with Gasteiger partial charge in [0.15, 0.2) is 0 Å². The highest BCUT2D eigenvalue weighted by molar-refractivity contribution is 4.81. The van der Waals surface area contributed by atoms with E-state index in [-0.39, 0.29) is 0 Å². The number of nitriles is 1. The van der Waals surface area contributed by atoms with Gasteiger partial charge < -0.3 is 5.32 Å². The highest BCUT2D eigenvalue weighted by Crippen LogP contribution is 2.15. The maximum atomic E-state index is 8.70. The van der Waals surface area contributed by atoms with Crippen LogP contribution in [-0.2, 0) is 0 Å². The van der Waals surface area contributed by atoms with Crippen molar-refractivity contribution in [2.45, 2.75) is 39.2 Å². The molecule has 0 radical (unpaired) electrons. The van der Waals surface area contributed by atoms with E-state index in [0.29, 0.717) is 12.5 Å². The second kappa shape index (κ2) is 6.81. The van der Waals surface area contributed by atoms with Crippen molar-refractivity contribution in [2.75, 3.05) is 26.2 Å². The standard InChI is InChI=1S/C12H23N3/c1-3-15(11(2)4-7-13)10-12-5-8-14-9-6-12/h11-12,14H,3-6,8-10H2,1-2H3. The summed E-state index contributed by atoms with van der Waals surface area (Å²) < 4.78 is 0. The van der Waals surface area contributed by atoms with Gasteiger partial charge in [-0.15, -0.1) is 0 Å². The fourth-order valence-electron chi connectivity index (χ4n) is 2.28. The Hall–Kier alpha value is -0.590. The summed E-state index contributed by atoms with van der Waals surface area (Å²) in [4.78, 5) is 2.44. The molecule has 1 heterocycles. The first kappa shape index (κ1) is 12.5. The minimum Gasteiger partial charge on any atom is -0.317 e. The molecule has 1 unspecified atom stereocenters. The maximum absolute atomic E-state index is 8.70. The quantitative estimate of drug-likeness (QED) is 0.747. The lowest BCUT2D eigenvalue weighted by atomic mass is 9.97. The second-order valence-electron chi connectivity index (χ2n) is 4.49. The molecule has 3 nitrogen and oxygen atoms in total. The average Bonchev–Trinajstić information content (AvgIpc) is 2.27. The Morgan fingerprint density at radius 1 is 1.47 bits per heavy atom. The Morgan fingerprint density at radius 3 is 2.67 bits per heavy atom. The van der Waals surface area contributed by atoms with Crippen molar-refractivity contribution in [3.63, 3.8) is 0 Å². The lowest BCUT2D eigenvalue weighted by Crippen LogP contribution is -2.40. The van der Waals surface area contributed by atoms with Crippen molar-refractivity contribution in [3.8, 4) is 6.07 Å². The summed E-state index contributed by atoms with van der Waals surface area (Å²) in [6, 6.07) is 2.68. The predicted molar refractivity (Wildman–Crippen MR) is 62.5 cm³/mol. The van der Waals surface area contributed by atoms with Crippen LogP contribution in [0, 0.1) is 17.2 Å². The van der Waals surface area contributed by atoms with Crippen LogP contribution in [0.2, 0.25) is 0 Å². The van der Waals surface area contributed by atoms with Crippen molar-refractivity contribution >= 4 is 0 Å². The SMILES string of the molecule is CCN(CC1CCNCC1)C(C)CC#N. The van der Waals surface area contributed by atoms with Gasteiger partial charge in [0.25, 0.3) is 0 Å². The molecule has 3 heteroatoms. The zero-order valence-electron chi connectivity index (χ0n) is 10.00. The lowest BCUT2D eigenvalue weighted by molar-refractivity contribution is 0.170. The molecule has 0 aromatic rings. The zero-order chi connectivity index (χ0) is 11.1. The molecule has 0 saturated carbocycles. The van der Waals surface area contributed by atoms with Crippen LogP contribution in [0.4, 0.5) is 0 Å². The molecule has 1 saturated heterocycles. The first-order chi connectivity index (χ1) is 7.27. The summed E-state index contributed by atoms with van der Waals surface area (Å²) in [6.45, 7) is 8.90. The van der Waals surface area contributed by atoms with Gasteiger partial charge in [0.1, 0.15) is 0 Å². The van der Waals surface area contributed by atoms with E-state index < -0.39 is 0 Å². The summed E-state index contributed by atoms with van der Waals surface area (Å²) in [7, 11) is 0. The molecule has 1 N–H and O–H groups in total. The van der Waals surface area contributed by atoms with Gasteiger partial charge in [-0.05, 0) is 45.3 Å². The number of hydrogen-bond donors (Lipinski definition) is 1. The van der Waals surface area contributed by atoms with E-state index >= 15 is 0 Å². The molecule has 1 atom stereocenters. The molecule has 1 aliphatic heterocycles. The van der Waals surface area contributed by atoms with E-state index in [0.717, 1.165) is 25.6 Å². The summed E-state index contributed by atoms with van der Waals surface area (Å²) in [5.41, 5.74) is 0. The number of rotatable bonds is 5. The van der Waals surface area contributed by atoms with Crippen LogP contribution in [0.25, 0.3) is 0 Å². The van der Waals surface area contributed by atoms with E-state index in [1.165, 1.54) is 19.4 Å². The van der Waals surface area contributed by atoms with Crippen LogP contribution in [0.1, 0.15) is 33.1 Å². The van der Waals surface area contributed by atoms with Crippen LogP contribution in [0.15, 0.2) is 0 Å². The molecular weight excluding hydrogens is 186 g/mol. The monoisotopic (exact) mass is 209 g/mol. The van der Waals surface area contributed by atoms with Crippen molar-refractivity contribution < 1.29 is 0 Å². The summed E-state index contributed by atoms with van der Waals surface area (Å²) in [5, 5.41) is 12.1. The van der Waals surface area contributed by atoms with Crippen LogP contribution in [0.3, 0.4) is 0 Å². The van der Waals surface area contributed by atoms with Crippen molar-refractivity contribution in [3.05, 3.63) is 0 Å². The van der Waals surface area contributed by atoms with Crippen LogP contribution in [-0.4, -0.2) is 37.1 Å². The molecule has 15 heavy (non-hydrogen) atoms. The highest BCUT2D eigenvalue weighted by atomic mass is 15.1. The van der Waals surface area contributed by atoms with Crippen LogP contribution >= 0.6 is 0 Å². The topological polar surface area (TPSA) is 39.1 Å². The Balaban J connectivity index is 2.34. The third kappa shape index (κ3) is 4.19. The van der Waals surface area contributed by atoms with Gasteiger partial charge >= 0.3 is 0 Å². The second-order valence-corrected chi connectivity index (χ2v) is 4.49. The largest absolute Gasteiger partial charge is 0.317 e. The average molecular weight is 209 g/mol. The third-order valence-electron chi connectivity index (χ3n) is 3.37. The minimum atomic E-state index is 0.412. The van der Waals surface area contributed by atoms with E-state index in [9.17, 15) is 0 Å². The first-order valence-corrected chi connectivity index (χ1v) is 6.09. The molecule has 1 fully saturated rings. The van der Waals surface area contributed by atoms with Gasteiger partial charge in [-0.3, -0.25) is 4.90 Å². The third-order valence-corrected chi connectivity index (χ3v) is 3.37. The summed E-state index contributed by atoms with van der Waals surface area (Å²) >= 11 is 0. The summed E-state index contributed by atoms with van der Waals surface area (Å²) in [6.07, 6.45) is 3.23. The van der Waals surface area contributed by atoms with E-state index in [2.05, 4.69) is 30.1 Å². The molecule has 0 aliphatic carbocycles. The van der Waals surface area contributed by atoms with Crippen molar-refractivity contribution in [2.24, 2.45) is 5.92 Å². The minimum absolute atomic E-state index is 0.412. The Bertz CT molecular complexity index is 203. The fraction of sp³-hybridized carbons (Fsp3) is 0.917. The van der Waals surface area contributed by atoms with Gasteiger partial charge in [-0.2, -0.15) is 5.26 Å². The van der Waals surface area contributed by atoms with Gasteiger partial charge in [-0.1, -0.05) is 6.92 Å². The van der Waals surface area contributed by atoms with Crippen LogP contribution < -0.4 is 5.32 Å². The van der Waals surface area contributed by atoms with Gasteiger partial charge in [0.2, 0.25) is 0 Å². The zero-order valence-corrected chi connectivity index (χ0v) is 10.00. The molecular formula is C12H23N3. The Kier molecular flexibility index (Phi) is 5.67. The van der Waals surface area contributed by atoms with E-state index in [1.807, 2.05) is 0 Å². The molecule has 0 aromatic heterocycles. The first-order valence-electron chi connectivity index (χ1n) is 6.09. The van der Waals surface area contributed by atoms with Gasteiger partial charge in [0.05, 0.1) is 12.5 Å². The Morgan fingerprint density at radius 2 is 2.13 bits per heavy atom. The molecule has 0 bridgehead atoms. The van der Waals surface area contributed by atoms with Gasteiger partial charge in [0, 0.05) is 12.6 Å². The number of nitrogens with one attached hydrogen (secondary N) is 1. The molecule has 86 valence electrons. The van der Waals surface area contributed by atoms with Crippen molar-refractivity contribution in [1.82, 2.24) is 10.2 Å². The van der Waals surface area contributed by atoms with E-state index in [4.69, 9.17) is 5.26 Å². The smallest absolute Gasteiger partial charge is 0.0638 e. The Labute approximate surface area is 93.5 Å². The normalized spacial score (nSPS) is 20.1. The number of piperidine rings is 1. The lowest BCUT2D eigenvalue weighted by Gasteiger charge is -2.32. The summed E-state index contributed by atoms with van der Waals surface area (Å²) in [5.74, 6) is 0.826. The van der Waals surface area contributed by atoms with E-state index in [1.54, 1.807) is 0 Å². The van der Waals surface area contributed by atoms with Gasteiger partial charge in [-0.25, -0.2) is 0 Å².